The monoisotopic (exact) mass is 474 g/mol. The first-order chi connectivity index (χ1) is 13.3. The Bertz CT molecular complexity index is 661. The molecule has 2 atom stereocenters. The maximum Gasteiger partial charge on any atom is 0.309 e. The fourth-order valence-electron chi connectivity index (χ4n) is 4.64. The molecule has 2 rings (SSSR count). The van der Waals surface area contributed by atoms with Crippen LogP contribution in [-0.2, 0) is 0 Å². The second-order valence-electron chi connectivity index (χ2n) is 7.33. The van der Waals surface area contributed by atoms with Crippen molar-refractivity contribution < 1.29 is 73.1 Å². The zero-order chi connectivity index (χ0) is 24.0. The van der Waals surface area contributed by atoms with Crippen LogP contribution in [0.1, 0.15) is 0 Å². The molecule has 30 heavy (non-hydrogen) atoms. The lowest BCUT2D eigenvalue weighted by atomic mass is 9.37. The van der Waals surface area contributed by atoms with Gasteiger partial charge in [0.25, 0.3) is 23.4 Å². The number of rotatable bonds is 5. The number of alkyl halides is 12. The topological polar surface area (TPSA) is 80.9 Å². The number of halogens is 12. The van der Waals surface area contributed by atoms with E-state index in [0.717, 1.165) is 0 Å². The minimum absolute atomic E-state index is 3.01. The summed E-state index contributed by atoms with van der Waals surface area (Å²) in [6.45, 7) is -16.5. The van der Waals surface area contributed by atoms with Gasteiger partial charge in [-0.3, -0.25) is 0 Å². The molecule has 0 heterocycles. The SMILES string of the molecule is OCC1(F)C(F)(F)C2(CO)C(F)(F)C(CO)(CF)C(F)(F)C(CO)(C1(F)F)C2(F)F. The van der Waals surface area contributed by atoms with Crippen LogP contribution in [0.5, 0.6) is 0 Å². The Hall–Kier alpha value is -1.00. The predicted molar refractivity (Wildman–Crippen MR) is 70.2 cm³/mol. The molecule has 0 aromatic carbocycles. The summed E-state index contributed by atoms with van der Waals surface area (Å²) in [6, 6.07) is 0. The Balaban J connectivity index is 3.35. The summed E-state index contributed by atoms with van der Waals surface area (Å²) >= 11 is 0. The molecule has 16 heteroatoms. The van der Waals surface area contributed by atoms with E-state index in [4.69, 9.17) is 20.4 Å². The fourth-order valence-corrected chi connectivity index (χ4v) is 4.64. The van der Waals surface area contributed by atoms with Gasteiger partial charge in [-0.2, -0.15) is 0 Å². The van der Waals surface area contributed by atoms with Gasteiger partial charge in [0, 0.05) is 0 Å². The van der Waals surface area contributed by atoms with Crippen molar-refractivity contribution in [1.29, 1.82) is 0 Å². The van der Waals surface area contributed by atoms with Crippen LogP contribution in [0.15, 0.2) is 0 Å². The molecule has 0 radical (unpaired) electrons. The third-order valence-electron chi connectivity index (χ3n) is 6.60. The fraction of sp³-hybridized carbons (Fsp3) is 1.00. The molecule has 2 aliphatic carbocycles. The number of fused-ring (bicyclic) bond motifs is 2. The van der Waals surface area contributed by atoms with Gasteiger partial charge in [0.15, 0.2) is 16.2 Å². The van der Waals surface area contributed by atoms with E-state index >= 15 is 26.3 Å². The van der Waals surface area contributed by atoms with Gasteiger partial charge in [-0.05, 0) is 0 Å². The summed E-state index contributed by atoms with van der Waals surface area (Å²) in [4.78, 5) is 0. The highest BCUT2D eigenvalue weighted by atomic mass is 19.3. The predicted octanol–water partition coefficient (Wildman–Crippen LogP) is 1.80. The maximum atomic E-state index is 15.0. The van der Waals surface area contributed by atoms with Gasteiger partial charge in [-0.15, -0.1) is 0 Å². The molecule has 2 unspecified atom stereocenters. The second-order valence-corrected chi connectivity index (χ2v) is 7.33. The van der Waals surface area contributed by atoms with Crippen LogP contribution >= 0.6 is 0 Å². The molecule has 0 aliphatic heterocycles. The molecule has 2 saturated carbocycles. The van der Waals surface area contributed by atoms with Crippen LogP contribution in [-0.4, -0.2) is 88.8 Å². The molecule has 4 nitrogen and oxygen atoms in total. The normalized spacial score (nSPS) is 45.2. The molecule has 0 saturated heterocycles. The summed E-state index contributed by atoms with van der Waals surface area (Å²) in [6.07, 6.45) is 0. The van der Waals surface area contributed by atoms with Crippen LogP contribution in [0.4, 0.5) is 52.7 Å². The summed E-state index contributed by atoms with van der Waals surface area (Å²) in [5.41, 5.74) is -24.3. The highest BCUT2D eigenvalue weighted by molar-refractivity contribution is 5.41. The first-order valence-electron chi connectivity index (χ1n) is 7.88. The minimum Gasteiger partial charge on any atom is -0.395 e. The Morgan fingerprint density at radius 1 is 0.433 bits per heavy atom. The number of aliphatic hydroxyl groups is 4. The van der Waals surface area contributed by atoms with E-state index in [0.29, 0.717) is 0 Å². The average Bonchev–Trinajstić information content (AvgIpc) is 2.60. The van der Waals surface area contributed by atoms with Gasteiger partial charge < -0.3 is 20.4 Å². The molecular formula is C14H14F12O4. The van der Waals surface area contributed by atoms with Crippen LogP contribution in [0.3, 0.4) is 0 Å². The largest absolute Gasteiger partial charge is 0.395 e. The van der Waals surface area contributed by atoms with Crippen LogP contribution in [0.2, 0.25) is 0 Å². The van der Waals surface area contributed by atoms with Gasteiger partial charge in [0.05, 0.1) is 26.4 Å². The zero-order valence-corrected chi connectivity index (χ0v) is 14.4. The van der Waals surface area contributed by atoms with Crippen molar-refractivity contribution in [3.63, 3.8) is 0 Å². The summed E-state index contributed by atoms with van der Waals surface area (Å²) < 4.78 is 177. The molecule has 0 aromatic rings. The molecule has 2 fully saturated rings. The number of aliphatic hydroxyl groups excluding tert-OH is 4. The molecule has 2 bridgehead atoms. The Kier molecular flexibility index (Phi) is 5.11. The van der Waals surface area contributed by atoms with Gasteiger partial charge in [0.1, 0.15) is 6.67 Å². The van der Waals surface area contributed by atoms with E-state index in [-0.39, 0.29) is 0 Å². The van der Waals surface area contributed by atoms with Crippen LogP contribution in [0.25, 0.3) is 0 Å². The second kappa shape index (κ2) is 6.07. The smallest absolute Gasteiger partial charge is 0.309 e. The van der Waals surface area contributed by atoms with E-state index in [1.165, 1.54) is 0 Å². The highest BCUT2D eigenvalue weighted by Crippen LogP contribution is 2.85. The molecule has 4 N–H and O–H groups in total. The van der Waals surface area contributed by atoms with Crippen molar-refractivity contribution in [1.82, 2.24) is 0 Å². The van der Waals surface area contributed by atoms with Crippen LogP contribution in [0, 0.1) is 16.2 Å². The molecular weight excluding hydrogens is 460 g/mol. The van der Waals surface area contributed by atoms with Crippen molar-refractivity contribution in [2.24, 2.45) is 16.2 Å². The zero-order valence-electron chi connectivity index (χ0n) is 14.4. The number of hydrogen-bond donors (Lipinski definition) is 4. The third-order valence-corrected chi connectivity index (χ3v) is 6.60. The third kappa shape index (κ3) is 1.69. The standard InChI is InChI=1S/C14H14F12O4/c15-1-6(2-27)10(17,18)7(3-28)12(21,22)8(4-29,11(6,19)20)14(25,26)9(16,5-30)13(7,23)24/h27-30H,1-5H2. The van der Waals surface area contributed by atoms with E-state index in [9.17, 15) is 26.3 Å². The molecule has 2 aliphatic rings. The Labute approximate surface area is 159 Å². The first-order valence-corrected chi connectivity index (χ1v) is 7.88. The van der Waals surface area contributed by atoms with Crippen LogP contribution < -0.4 is 0 Å². The van der Waals surface area contributed by atoms with Crippen molar-refractivity contribution in [3.8, 4) is 0 Å². The Morgan fingerprint density at radius 3 is 0.967 bits per heavy atom. The lowest BCUT2D eigenvalue weighted by molar-refractivity contribution is -0.557. The molecule has 0 aromatic heterocycles. The molecule has 0 amide bonds. The first kappa shape index (κ1) is 25.3. The average molecular weight is 474 g/mol. The van der Waals surface area contributed by atoms with Crippen molar-refractivity contribution in [2.75, 3.05) is 33.1 Å². The summed E-state index contributed by atoms with van der Waals surface area (Å²) in [5.74, 6) is -34.1. The van der Waals surface area contributed by atoms with Crippen molar-refractivity contribution >= 4 is 0 Å². The number of hydrogen-bond acceptors (Lipinski definition) is 4. The van der Waals surface area contributed by atoms with Gasteiger partial charge in [-0.1, -0.05) is 0 Å². The van der Waals surface area contributed by atoms with E-state index < -0.39 is 84.6 Å². The van der Waals surface area contributed by atoms with E-state index in [2.05, 4.69) is 0 Å². The molecule has 0 spiro atoms. The highest BCUT2D eigenvalue weighted by Gasteiger charge is 3.09. The minimum atomic E-state index is -6.91. The van der Waals surface area contributed by atoms with Crippen molar-refractivity contribution in [2.45, 2.75) is 35.3 Å². The lowest BCUT2D eigenvalue weighted by Gasteiger charge is -2.72. The van der Waals surface area contributed by atoms with Gasteiger partial charge >= 0.3 is 11.8 Å². The quantitative estimate of drug-likeness (QED) is 0.459. The van der Waals surface area contributed by atoms with Gasteiger partial charge in [-0.25, -0.2) is 52.7 Å². The van der Waals surface area contributed by atoms with Gasteiger partial charge in [0.2, 0.25) is 0 Å². The van der Waals surface area contributed by atoms with E-state index in [1.807, 2.05) is 0 Å². The summed E-state index contributed by atoms with van der Waals surface area (Å²) in [7, 11) is 0. The maximum absolute atomic E-state index is 15.0. The summed E-state index contributed by atoms with van der Waals surface area (Å²) in [5, 5.41) is 36.1. The molecule has 178 valence electrons. The van der Waals surface area contributed by atoms with Crippen molar-refractivity contribution in [3.05, 3.63) is 0 Å². The lowest BCUT2D eigenvalue weighted by Crippen LogP contribution is -2.97. The Morgan fingerprint density at radius 2 is 0.767 bits per heavy atom. The van der Waals surface area contributed by atoms with E-state index in [1.54, 1.807) is 0 Å².